The third-order valence-electron chi connectivity index (χ3n) is 5.32. The number of carbonyl (C=O) groups is 1. The molecule has 184 valence electrons. The van der Waals surface area contributed by atoms with Crippen LogP contribution in [0.3, 0.4) is 0 Å². The number of aryl methyl sites for hydroxylation is 3. The summed E-state index contributed by atoms with van der Waals surface area (Å²) in [4.78, 5) is 13.0. The van der Waals surface area contributed by atoms with Crippen molar-refractivity contribution in [3.8, 4) is 5.75 Å². The first-order valence-electron chi connectivity index (χ1n) is 11.4. The molecular weight excluding hydrogens is 462 g/mol. The van der Waals surface area contributed by atoms with Crippen molar-refractivity contribution in [2.24, 2.45) is 5.10 Å². The molecule has 7 nitrogen and oxygen atoms in total. The van der Waals surface area contributed by atoms with Gasteiger partial charge < -0.3 is 4.74 Å². The van der Waals surface area contributed by atoms with Crippen molar-refractivity contribution in [1.82, 2.24) is 9.73 Å². The lowest BCUT2D eigenvalue weighted by Gasteiger charge is -2.24. The fourth-order valence-electron chi connectivity index (χ4n) is 3.91. The topological polar surface area (TPSA) is 88.1 Å². The zero-order valence-electron chi connectivity index (χ0n) is 20.5. The smallest absolute Gasteiger partial charge is 0.255 e. The molecule has 0 aliphatic carbocycles. The molecule has 3 rings (SSSR count). The summed E-state index contributed by atoms with van der Waals surface area (Å²) in [5.41, 5.74) is 6.27. The maximum absolute atomic E-state index is 13.7. The summed E-state index contributed by atoms with van der Waals surface area (Å²) >= 11 is 0. The normalized spacial score (nSPS) is 11.7. The molecule has 35 heavy (non-hydrogen) atoms. The van der Waals surface area contributed by atoms with E-state index in [1.165, 1.54) is 10.5 Å². The maximum Gasteiger partial charge on any atom is 0.255 e. The van der Waals surface area contributed by atoms with Gasteiger partial charge in [0.15, 0.2) is 0 Å². The van der Waals surface area contributed by atoms with Crippen LogP contribution in [0.15, 0.2) is 76.7 Å². The Morgan fingerprint density at radius 3 is 2.23 bits per heavy atom. The van der Waals surface area contributed by atoms with E-state index in [9.17, 15) is 13.2 Å². The monoisotopic (exact) mass is 493 g/mol. The molecule has 1 amide bonds. The average molecular weight is 494 g/mol. The lowest BCUT2D eigenvalue weighted by molar-refractivity contribution is -0.121. The minimum Gasteiger partial charge on any atom is -0.494 e. The maximum atomic E-state index is 13.7. The van der Waals surface area contributed by atoms with E-state index in [0.29, 0.717) is 17.7 Å². The van der Waals surface area contributed by atoms with Crippen LogP contribution in [0.2, 0.25) is 0 Å². The van der Waals surface area contributed by atoms with Crippen molar-refractivity contribution < 1.29 is 17.9 Å². The number of nitrogens with zero attached hydrogens (tertiary/aromatic N) is 2. The van der Waals surface area contributed by atoms with E-state index in [-0.39, 0.29) is 18.0 Å². The summed E-state index contributed by atoms with van der Waals surface area (Å²) in [6, 6.07) is 20.1. The van der Waals surface area contributed by atoms with Gasteiger partial charge in [0.05, 0.1) is 24.3 Å². The molecule has 3 aromatic rings. The van der Waals surface area contributed by atoms with Gasteiger partial charge >= 0.3 is 0 Å². The van der Waals surface area contributed by atoms with Gasteiger partial charge in [-0.15, -0.1) is 0 Å². The Bertz CT molecular complexity index is 1260. The summed E-state index contributed by atoms with van der Waals surface area (Å²) in [7, 11) is -3.95. The number of hydrogen-bond donors (Lipinski definition) is 1. The van der Waals surface area contributed by atoms with Gasteiger partial charge in [0, 0.05) is 6.54 Å². The van der Waals surface area contributed by atoms with Gasteiger partial charge in [0.2, 0.25) is 10.0 Å². The van der Waals surface area contributed by atoms with E-state index in [2.05, 4.69) is 10.5 Å². The molecule has 3 aromatic carbocycles. The molecule has 0 unspecified atom stereocenters. The summed E-state index contributed by atoms with van der Waals surface area (Å²) in [6.07, 6.45) is 1.50. The van der Waals surface area contributed by atoms with Crippen LogP contribution in [0.4, 0.5) is 0 Å². The summed E-state index contributed by atoms with van der Waals surface area (Å²) in [5, 5.41) is 3.99. The van der Waals surface area contributed by atoms with Gasteiger partial charge in [-0.2, -0.15) is 9.41 Å². The number of sulfonamides is 1. The second kappa shape index (κ2) is 11.8. The first kappa shape index (κ1) is 26.1. The standard InChI is InChI=1S/C27H31N3O4S/c1-5-34-25-13-11-23(12-14-25)17-28-29-26(31)19-30(18-24-9-7-6-8-10-24)35(32,33)27-21(3)15-20(2)16-22(27)4/h6-17H,5,18-19H2,1-4H3,(H,29,31)/b28-17-. The minimum absolute atomic E-state index is 0.0615. The molecular formula is C27H31N3O4S. The van der Waals surface area contributed by atoms with Crippen LogP contribution < -0.4 is 10.2 Å². The fraction of sp³-hybridized carbons (Fsp3) is 0.259. The predicted octanol–water partition coefficient (Wildman–Crippen LogP) is 4.35. The number of ether oxygens (including phenoxy) is 1. The molecule has 0 fully saturated rings. The van der Waals surface area contributed by atoms with E-state index in [4.69, 9.17) is 4.74 Å². The molecule has 0 aliphatic heterocycles. The van der Waals surface area contributed by atoms with Gasteiger partial charge in [0.25, 0.3) is 5.91 Å². The first-order chi connectivity index (χ1) is 16.7. The number of hydrogen-bond acceptors (Lipinski definition) is 5. The van der Waals surface area contributed by atoms with Gasteiger partial charge in [-0.1, -0.05) is 48.0 Å². The third-order valence-corrected chi connectivity index (χ3v) is 7.42. The highest BCUT2D eigenvalue weighted by atomic mass is 32.2. The molecule has 0 aromatic heterocycles. The summed E-state index contributed by atoms with van der Waals surface area (Å²) < 4.78 is 34.0. The molecule has 0 saturated heterocycles. The van der Waals surface area contributed by atoms with Crippen LogP contribution in [0.1, 0.15) is 34.7 Å². The van der Waals surface area contributed by atoms with Gasteiger partial charge in [0.1, 0.15) is 5.75 Å². The van der Waals surface area contributed by atoms with E-state index in [1.54, 1.807) is 13.8 Å². The Morgan fingerprint density at radius 2 is 1.63 bits per heavy atom. The Hall–Kier alpha value is -3.49. The Morgan fingerprint density at radius 1 is 1.00 bits per heavy atom. The third kappa shape index (κ3) is 7.00. The highest BCUT2D eigenvalue weighted by molar-refractivity contribution is 7.89. The number of benzene rings is 3. The van der Waals surface area contributed by atoms with Crippen molar-refractivity contribution in [1.29, 1.82) is 0 Å². The van der Waals surface area contributed by atoms with Crippen molar-refractivity contribution >= 4 is 22.1 Å². The van der Waals surface area contributed by atoms with Gasteiger partial charge in [-0.25, -0.2) is 13.8 Å². The largest absolute Gasteiger partial charge is 0.494 e. The molecule has 0 aliphatic rings. The van der Waals surface area contributed by atoms with Crippen LogP contribution in [0, 0.1) is 20.8 Å². The van der Waals surface area contributed by atoms with Crippen LogP contribution in [0.5, 0.6) is 5.75 Å². The SMILES string of the molecule is CCOc1ccc(/C=N\NC(=O)CN(Cc2ccccc2)S(=O)(=O)c2c(C)cc(C)cc2C)cc1. The Labute approximate surface area is 207 Å². The van der Waals surface area contributed by atoms with E-state index in [0.717, 1.165) is 22.4 Å². The van der Waals surface area contributed by atoms with Crippen molar-refractivity contribution in [2.45, 2.75) is 39.1 Å². The number of hydrazone groups is 1. The molecule has 0 spiro atoms. The van der Waals surface area contributed by atoms with Crippen LogP contribution in [0.25, 0.3) is 0 Å². The zero-order valence-corrected chi connectivity index (χ0v) is 21.3. The minimum atomic E-state index is -3.95. The predicted molar refractivity (Wildman–Crippen MR) is 138 cm³/mol. The molecule has 8 heteroatoms. The van der Waals surface area contributed by atoms with E-state index in [1.807, 2.05) is 80.6 Å². The quantitative estimate of drug-likeness (QED) is 0.336. The van der Waals surface area contributed by atoms with Crippen LogP contribution in [-0.4, -0.2) is 38.0 Å². The van der Waals surface area contributed by atoms with Crippen LogP contribution >= 0.6 is 0 Å². The molecule has 1 N–H and O–H groups in total. The molecule has 0 atom stereocenters. The number of amides is 1. The second-order valence-corrected chi connectivity index (χ2v) is 10.2. The van der Waals surface area contributed by atoms with Crippen molar-refractivity contribution in [3.05, 3.63) is 94.5 Å². The second-order valence-electron chi connectivity index (χ2n) is 8.28. The number of carbonyl (C=O) groups excluding carboxylic acids is 1. The fourth-order valence-corrected chi connectivity index (χ4v) is 5.70. The van der Waals surface area contributed by atoms with E-state index >= 15 is 0 Å². The molecule has 0 bridgehead atoms. The average Bonchev–Trinajstić information content (AvgIpc) is 2.80. The molecule has 0 saturated carbocycles. The van der Waals surface area contributed by atoms with Gasteiger partial charge in [-0.05, 0) is 74.2 Å². The van der Waals surface area contributed by atoms with Gasteiger partial charge in [-0.3, -0.25) is 4.79 Å². The molecule has 0 radical (unpaired) electrons. The van der Waals surface area contributed by atoms with Crippen molar-refractivity contribution in [3.63, 3.8) is 0 Å². The van der Waals surface area contributed by atoms with E-state index < -0.39 is 15.9 Å². The zero-order chi connectivity index (χ0) is 25.4. The summed E-state index contributed by atoms with van der Waals surface area (Å²) in [5.74, 6) is 0.214. The molecule has 0 heterocycles. The highest BCUT2D eigenvalue weighted by Gasteiger charge is 2.29. The Balaban J connectivity index is 1.80. The first-order valence-corrected chi connectivity index (χ1v) is 12.8. The lowest BCUT2D eigenvalue weighted by Crippen LogP contribution is -2.39. The summed E-state index contributed by atoms with van der Waals surface area (Å²) in [6.45, 7) is 7.65. The number of nitrogens with one attached hydrogen (secondary N) is 1. The van der Waals surface area contributed by atoms with Crippen LogP contribution in [-0.2, 0) is 21.4 Å². The Kier molecular flexibility index (Phi) is 8.78. The lowest BCUT2D eigenvalue weighted by atomic mass is 10.1. The van der Waals surface area contributed by atoms with Crippen molar-refractivity contribution in [2.75, 3.05) is 13.2 Å². The number of rotatable bonds is 10. The highest BCUT2D eigenvalue weighted by Crippen LogP contribution is 2.26.